The highest BCUT2D eigenvalue weighted by Crippen LogP contribution is 2.13. The first-order valence-corrected chi connectivity index (χ1v) is 5.47. The molecule has 1 heterocycles. The van der Waals surface area contributed by atoms with Crippen LogP contribution in [0.4, 0.5) is 0 Å². The van der Waals surface area contributed by atoms with Crippen LogP contribution in [-0.2, 0) is 7.05 Å². The molecule has 0 aliphatic rings. The van der Waals surface area contributed by atoms with Crippen molar-refractivity contribution >= 4 is 5.91 Å². The molecule has 0 saturated carbocycles. The Labute approximate surface area is 101 Å². The molecule has 0 radical (unpaired) electrons. The SMILES string of the molecule is CCC(C)(CO)NC(=O)c1cc(OC)n(C)n1. The topological polar surface area (TPSA) is 76.4 Å². The summed E-state index contributed by atoms with van der Waals surface area (Å²) in [5.74, 6) is 0.194. The molecular formula is C11H19N3O3. The number of carbonyl (C=O) groups is 1. The Morgan fingerprint density at radius 3 is 2.76 bits per heavy atom. The van der Waals surface area contributed by atoms with Gasteiger partial charge in [-0.2, -0.15) is 5.10 Å². The van der Waals surface area contributed by atoms with Crippen LogP contribution in [0.3, 0.4) is 0 Å². The van der Waals surface area contributed by atoms with Gasteiger partial charge in [0, 0.05) is 13.1 Å². The number of aliphatic hydroxyl groups excluding tert-OH is 1. The van der Waals surface area contributed by atoms with Crippen molar-refractivity contribution in [2.24, 2.45) is 7.05 Å². The van der Waals surface area contributed by atoms with E-state index in [9.17, 15) is 9.90 Å². The normalized spacial score (nSPS) is 14.2. The highest BCUT2D eigenvalue weighted by atomic mass is 16.5. The van der Waals surface area contributed by atoms with Gasteiger partial charge in [-0.25, -0.2) is 4.68 Å². The van der Waals surface area contributed by atoms with Gasteiger partial charge in [-0.3, -0.25) is 4.79 Å². The predicted octanol–water partition coefficient (Wildman–Crippen LogP) is 0.319. The van der Waals surface area contributed by atoms with Crippen molar-refractivity contribution in [2.45, 2.75) is 25.8 Å². The van der Waals surface area contributed by atoms with Gasteiger partial charge in [-0.1, -0.05) is 6.92 Å². The van der Waals surface area contributed by atoms with Crippen molar-refractivity contribution < 1.29 is 14.6 Å². The molecular weight excluding hydrogens is 222 g/mol. The first-order chi connectivity index (χ1) is 7.95. The number of aromatic nitrogens is 2. The Hall–Kier alpha value is -1.56. The maximum absolute atomic E-state index is 11.9. The van der Waals surface area contributed by atoms with E-state index in [2.05, 4.69) is 10.4 Å². The Bertz CT molecular complexity index is 397. The number of carbonyl (C=O) groups excluding carboxylic acids is 1. The second kappa shape index (κ2) is 5.18. The van der Waals surface area contributed by atoms with Gasteiger partial charge in [-0.15, -0.1) is 0 Å². The molecule has 1 rings (SSSR count). The lowest BCUT2D eigenvalue weighted by atomic mass is 10.0. The largest absolute Gasteiger partial charge is 0.481 e. The molecule has 0 aromatic carbocycles. The summed E-state index contributed by atoms with van der Waals surface area (Å²) < 4.78 is 6.51. The van der Waals surface area contributed by atoms with E-state index in [0.29, 0.717) is 12.3 Å². The van der Waals surface area contributed by atoms with E-state index in [-0.39, 0.29) is 18.2 Å². The van der Waals surface area contributed by atoms with Gasteiger partial charge in [0.25, 0.3) is 5.91 Å². The van der Waals surface area contributed by atoms with Crippen LogP contribution < -0.4 is 10.1 Å². The van der Waals surface area contributed by atoms with Gasteiger partial charge >= 0.3 is 0 Å². The number of amides is 1. The molecule has 0 aliphatic carbocycles. The van der Waals surface area contributed by atoms with Gasteiger partial charge in [0.05, 0.1) is 19.3 Å². The Balaban J connectivity index is 2.83. The van der Waals surface area contributed by atoms with Crippen molar-refractivity contribution in [3.05, 3.63) is 11.8 Å². The van der Waals surface area contributed by atoms with E-state index in [1.165, 1.54) is 11.8 Å². The molecule has 2 N–H and O–H groups in total. The summed E-state index contributed by atoms with van der Waals surface area (Å²) >= 11 is 0. The van der Waals surface area contributed by atoms with E-state index >= 15 is 0 Å². The van der Waals surface area contributed by atoms with Crippen molar-refractivity contribution in [3.63, 3.8) is 0 Å². The molecule has 1 amide bonds. The van der Waals surface area contributed by atoms with Gasteiger partial charge < -0.3 is 15.2 Å². The number of rotatable bonds is 5. The minimum atomic E-state index is -0.623. The van der Waals surface area contributed by atoms with Crippen LogP contribution in [0, 0.1) is 0 Å². The van der Waals surface area contributed by atoms with Crippen molar-refractivity contribution in [1.29, 1.82) is 0 Å². The van der Waals surface area contributed by atoms with Crippen LogP contribution in [0.15, 0.2) is 6.07 Å². The molecule has 0 bridgehead atoms. The zero-order chi connectivity index (χ0) is 13.1. The fourth-order valence-corrected chi connectivity index (χ4v) is 1.33. The third kappa shape index (κ3) is 2.97. The number of ether oxygens (including phenoxy) is 1. The van der Waals surface area contributed by atoms with E-state index in [1.54, 1.807) is 20.0 Å². The van der Waals surface area contributed by atoms with E-state index in [1.807, 2.05) is 6.92 Å². The molecule has 1 atom stereocenters. The number of aliphatic hydroxyl groups is 1. The Morgan fingerprint density at radius 1 is 1.71 bits per heavy atom. The molecule has 6 heteroatoms. The molecule has 0 saturated heterocycles. The second-order valence-electron chi connectivity index (χ2n) is 4.22. The summed E-state index contributed by atoms with van der Waals surface area (Å²) in [5, 5.41) is 16.0. The third-order valence-corrected chi connectivity index (χ3v) is 2.82. The molecule has 17 heavy (non-hydrogen) atoms. The first kappa shape index (κ1) is 13.5. The monoisotopic (exact) mass is 241 g/mol. The van der Waals surface area contributed by atoms with E-state index in [0.717, 1.165) is 0 Å². The van der Waals surface area contributed by atoms with Crippen LogP contribution in [0.5, 0.6) is 5.88 Å². The summed E-state index contributed by atoms with van der Waals surface area (Å²) in [5.41, 5.74) is -0.348. The molecule has 0 fully saturated rings. The van der Waals surface area contributed by atoms with Crippen LogP contribution in [0.1, 0.15) is 30.8 Å². The van der Waals surface area contributed by atoms with Crippen LogP contribution in [-0.4, -0.2) is 40.0 Å². The Kier molecular flexibility index (Phi) is 4.11. The number of aryl methyl sites for hydroxylation is 1. The average Bonchev–Trinajstić information content (AvgIpc) is 2.70. The lowest BCUT2D eigenvalue weighted by molar-refractivity contribution is 0.0841. The van der Waals surface area contributed by atoms with Gasteiger partial charge in [0.15, 0.2) is 5.69 Å². The second-order valence-corrected chi connectivity index (χ2v) is 4.22. The summed E-state index contributed by atoms with van der Waals surface area (Å²) in [4.78, 5) is 11.9. The summed E-state index contributed by atoms with van der Waals surface area (Å²) in [6, 6.07) is 1.56. The van der Waals surface area contributed by atoms with Crippen molar-refractivity contribution in [3.8, 4) is 5.88 Å². The molecule has 1 aromatic heterocycles. The van der Waals surface area contributed by atoms with Crippen LogP contribution in [0.25, 0.3) is 0 Å². The molecule has 6 nitrogen and oxygen atoms in total. The van der Waals surface area contributed by atoms with Crippen molar-refractivity contribution in [1.82, 2.24) is 15.1 Å². The van der Waals surface area contributed by atoms with Gasteiger partial charge in [0.2, 0.25) is 5.88 Å². The standard InChI is InChI=1S/C11H19N3O3/c1-5-11(2,7-15)12-10(16)8-6-9(17-4)14(3)13-8/h6,15H,5,7H2,1-4H3,(H,12,16). The minimum Gasteiger partial charge on any atom is -0.481 e. The first-order valence-electron chi connectivity index (χ1n) is 5.47. The van der Waals surface area contributed by atoms with Crippen molar-refractivity contribution in [2.75, 3.05) is 13.7 Å². The lowest BCUT2D eigenvalue weighted by Crippen LogP contribution is -2.48. The number of hydrogen-bond acceptors (Lipinski definition) is 4. The average molecular weight is 241 g/mol. The molecule has 0 aliphatic heterocycles. The number of methoxy groups -OCH3 is 1. The summed E-state index contributed by atoms with van der Waals surface area (Å²) in [6.07, 6.45) is 0.638. The molecule has 1 aromatic rings. The quantitative estimate of drug-likeness (QED) is 0.778. The predicted molar refractivity (Wildman–Crippen MR) is 63.0 cm³/mol. The Morgan fingerprint density at radius 2 is 2.35 bits per heavy atom. The van der Waals surface area contributed by atoms with Gasteiger partial charge in [0.1, 0.15) is 0 Å². The van der Waals surface area contributed by atoms with E-state index in [4.69, 9.17) is 4.74 Å². The molecule has 0 spiro atoms. The third-order valence-electron chi connectivity index (χ3n) is 2.82. The highest BCUT2D eigenvalue weighted by molar-refractivity contribution is 5.93. The maximum atomic E-state index is 11.9. The highest BCUT2D eigenvalue weighted by Gasteiger charge is 2.25. The molecule has 96 valence electrons. The van der Waals surface area contributed by atoms with Gasteiger partial charge in [-0.05, 0) is 13.3 Å². The number of nitrogens with one attached hydrogen (secondary N) is 1. The zero-order valence-electron chi connectivity index (χ0n) is 10.6. The van der Waals surface area contributed by atoms with E-state index < -0.39 is 5.54 Å². The lowest BCUT2D eigenvalue weighted by Gasteiger charge is -2.26. The summed E-state index contributed by atoms with van der Waals surface area (Å²) in [7, 11) is 3.21. The number of hydrogen-bond donors (Lipinski definition) is 2. The fourth-order valence-electron chi connectivity index (χ4n) is 1.33. The fraction of sp³-hybridized carbons (Fsp3) is 0.636. The molecule has 1 unspecified atom stereocenters. The van der Waals surface area contributed by atoms with Crippen LogP contribution in [0.2, 0.25) is 0 Å². The summed E-state index contributed by atoms with van der Waals surface area (Å²) in [6.45, 7) is 3.57. The zero-order valence-corrected chi connectivity index (χ0v) is 10.6. The maximum Gasteiger partial charge on any atom is 0.272 e. The number of nitrogens with zero attached hydrogens (tertiary/aromatic N) is 2. The van der Waals surface area contributed by atoms with Crippen LogP contribution >= 0.6 is 0 Å². The smallest absolute Gasteiger partial charge is 0.272 e. The minimum absolute atomic E-state index is 0.112.